The Morgan fingerprint density at radius 3 is 2.83 bits per heavy atom. The van der Waals surface area contributed by atoms with E-state index in [4.69, 9.17) is 5.73 Å². The maximum Gasteiger partial charge on any atom is 0.0325 e. The first-order chi connectivity index (χ1) is 8.74. The molecule has 0 bridgehead atoms. The molecule has 0 aromatic heterocycles. The molecule has 1 aromatic rings. The Kier molecular flexibility index (Phi) is 4.79. The first-order valence-corrected chi connectivity index (χ1v) is 7.25. The highest BCUT2D eigenvalue weighted by molar-refractivity contribution is 5.28. The molecule has 1 aliphatic rings. The molecular formula is C16H26N2. The van der Waals surface area contributed by atoms with Gasteiger partial charge in [-0.1, -0.05) is 30.7 Å². The van der Waals surface area contributed by atoms with E-state index in [0.717, 1.165) is 13.0 Å². The van der Waals surface area contributed by atoms with E-state index in [1.165, 1.54) is 36.9 Å². The van der Waals surface area contributed by atoms with E-state index in [2.05, 4.69) is 43.0 Å². The Morgan fingerprint density at radius 1 is 1.33 bits per heavy atom. The van der Waals surface area contributed by atoms with E-state index < -0.39 is 0 Å². The molecule has 1 aromatic carbocycles. The van der Waals surface area contributed by atoms with Crippen molar-refractivity contribution >= 4 is 0 Å². The molecule has 2 N–H and O–H groups in total. The Labute approximate surface area is 111 Å². The van der Waals surface area contributed by atoms with Gasteiger partial charge in [0.1, 0.15) is 0 Å². The van der Waals surface area contributed by atoms with Gasteiger partial charge in [0.05, 0.1) is 0 Å². The second-order valence-corrected chi connectivity index (χ2v) is 5.50. The summed E-state index contributed by atoms with van der Waals surface area (Å²) in [5, 5.41) is 0. The van der Waals surface area contributed by atoms with Crippen LogP contribution in [-0.2, 0) is 0 Å². The molecule has 2 heteroatoms. The highest BCUT2D eigenvalue weighted by atomic mass is 15.2. The zero-order valence-electron chi connectivity index (χ0n) is 11.7. The fourth-order valence-corrected chi connectivity index (χ4v) is 3.27. The molecule has 2 atom stereocenters. The van der Waals surface area contributed by atoms with Crippen LogP contribution in [0.3, 0.4) is 0 Å². The molecule has 1 saturated heterocycles. The number of benzene rings is 1. The highest BCUT2D eigenvalue weighted by Gasteiger charge is 2.27. The number of piperidine rings is 1. The van der Waals surface area contributed by atoms with Gasteiger partial charge in [0.15, 0.2) is 0 Å². The number of likely N-dealkylation sites (tertiary alicyclic amines) is 1. The van der Waals surface area contributed by atoms with Gasteiger partial charge in [-0.25, -0.2) is 0 Å². The quantitative estimate of drug-likeness (QED) is 0.883. The normalized spacial score (nSPS) is 22.9. The van der Waals surface area contributed by atoms with Gasteiger partial charge in [-0.3, -0.25) is 4.90 Å². The lowest BCUT2D eigenvalue weighted by Gasteiger charge is -2.40. The summed E-state index contributed by atoms with van der Waals surface area (Å²) in [6.07, 6.45) is 5.14. The van der Waals surface area contributed by atoms with Crippen LogP contribution in [0.25, 0.3) is 0 Å². The maximum atomic E-state index is 5.76. The van der Waals surface area contributed by atoms with Gasteiger partial charge < -0.3 is 5.73 Å². The topological polar surface area (TPSA) is 29.3 Å². The average Bonchev–Trinajstić information content (AvgIpc) is 2.40. The van der Waals surface area contributed by atoms with Crippen LogP contribution in [0.4, 0.5) is 0 Å². The molecule has 0 amide bonds. The second kappa shape index (κ2) is 6.35. The van der Waals surface area contributed by atoms with Crippen LogP contribution < -0.4 is 5.73 Å². The minimum atomic E-state index is 0.517. The van der Waals surface area contributed by atoms with Crippen molar-refractivity contribution in [2.24, 2.45) is 5.73 Å². The predicted molar refractivity (Wildman–Crippen MR) is 77.6 cm³/mol. The van der Waals surface area contributed by atoms with E-state index in [1.807, 2.05) is 0 Å². The van der Waals surface area contributed by atoms with E-state index in [9.17, 15) is 0 Å². The smallest absolute Gasteiger partial charge is 0.0325 e. The van der Waals surface area contributed by atoms with Crippen molar-refractivity contribution in [3.8, 4) is 0 Å². The van der Waals surface area contributed by atoms with Crippen molar-refractivity contribution in [3.63, 3.8) is 0 Å². The lowest BCUT2D eigenvalue weighted by Crippen LogP contribution is -2.42. The monoisotopic (exact) mass is 246 g/mol. The standard InChI is InChI=1S/C16H26N2/c1-13-7-3-4-9-16(13)14(2)18-12-6-5-8-15(18)10-11-17/h3-4,7,9,14-15H,5-6,8,10-12,17H2,1-2H3. The summed E-state index contributed by atoms with van der Waals surface area (Å²) in [7, 11) is 0. The maximum absolute atomic E-state index is 5.76. The van der Waals surface area contributed by atoms with Gasteiger partial charge in [-0.2, -0.15) is 0 Å². The van der Waals surface area contributed by atoms with Crippen molar-refractivity contribution in [3.05, 3.63) is 35.4 Å². The van der Waals surface area contributed by atoms with Gasteiger partial charge in [-0.15, -0.1) is 0 Å². The first-order valence-electron chi connectivity index (χ1n) is 7.25. The van der Waals surface area contributed by atoms with Crippen molar-refractivity contribution in [2.75, 3.05) is 13.1 Å². The number of nitrogens with zero attached hydrogens (tertiary/aromatic N) is 1. The molecule has 2 rings (SSSR count). The number of rotatable bonds is 4. The Balaban J connectivity index is 2.15. The van der Waals surface area contributed by atoms with Crippen molar-refractivity contribution < 1.29 is 0 Å². The summed E-state index contributed by atoms with van der Waals surface area (Å²) in [6.45, 7) is 6.59. The minimum absolute atomic E-state index is 0.517. The molecule has 1 fully saturated rings. The summed E-state index contributed by atoms with van der Waals surface area (Å²) in [5.41, 5.74) is 8.64. The second-order valence-electron chi connectivity index (χ2n) is 5.50. The van der Waals surface area contributed by atoms with E-state index in [-0.39, 0.29) is 0 Å². The third-order valence-electron chi connectivity index (χ3n) is 4.31. The van der Waals surface area contributed by atoms with Crippen LogP contribution in [0.1, 0.15) is 49.8 Å². The molecule has 0 spiro atoms. The molecule has 1 aliphatic heterocycles. The predicted octanol–water partition coefficient (Wildman–Crippen LogP) is 3.26. The molecule has 1 heterocycles. The van der Waals surface area contributed by atoms with Gasteiger partial charge in [0.25, 0.3) is 0 Å². The van der Waals surface area contributed by atoms with Gasteiger partial charge in [-0.05, 0) is 57.3 Å². The molecule has 18 heavy (non-hydrogen) atoms. The van der Waals surface area contributed by atoms with Crippen molar-refractivity contribution in [2.45, 2.75) is 51.6 Å². The summed E-state index contributed by atoms with van der Waals surface area (Å²) in [4.78, 5) is 2.67. The van der Waals surface area contributed by atoms with Gasteiger partial charge in [0, 0.05) is 12.1 Å². The fourth-order valence-electron chi connectivity index (χ4n) is 3.27. The Morgan fingerprint density at radius 2 is 2.11 bits per heavy atom. The fraction of sp³-hybridized carbons (Fsp3) is 0.625. The highest BCUT2D eigenvalue weighted by Crippen LogP contribution is 2.30. The van der Waals surface area contributed by atoms with Crippen LogP contribution in [-0.4, -0.2) is 24.0 Å². The SMILES string of the molecule is Cc1ccccc1C(C)N1CCCCC1CCN. The summed E-state index contributed by atoms with van der Waals surface area (Å²) >= 11 is 0. The van der Waals surface area contributed by atoms with Crippen LogP contribution >= 0.6 is 0 Å². The Bertz CT molecular complexity index is 373. The zero-order valence-corrected chi connectivity index (χ0v) is 11.7. The Hall–Kier alpha value is -0.860. The summed E-state index contributed by atoms with van der Waals surface area (Å²) in [5.74, 6) is 0. The van der Waals surface area contributed by atoms with Crippen LogP contribution in [0.15, 0.2) is 24.3 Å². The molecule has 100 valence electrons. The van der Waals surface area contributed by atoms with Gasteiger partial charge in [0.2, 0.25) is 0 Å². The van der Waals surface area contributed by atoms with E-state index >= 15 is 0 Å². The molecule has 0 radical (unpaired) electrons. The molecule has 2 nitrogen and oxygen atoms in total. The first kappa shape index (κ1) is 13.6. The van der Waals surface area contributed by atoms with Crippen LogP contribution in [0, 0.1) is 6.92 Å². The average molecular weight is 246 g/mol. The lowest BCUT2D eigenvalue weighted by atomic mass is 9.93. The number of aryl methyl sites for hydroxylation is 1. The number of hydrogen-bond acceptors (Lipinski definition) is 2. The van der Waals surface area contributed by atoms with Crippen LogP contribution in [0.5, 0.6) is 0 Å². The molecule has 2 unspecified atom stereocenters. The molecular weight excluding hydrogens is 220 g/mol. The number of hydrogen-bond donors (Lipinski definition) is 1. The largest absolute Gasteiger partial charge is 0.330 e. The van der Waals surface area contributed by atoms with Gasteiger partial charge >= 0.3 is 0 Å². The molecule has 0 aliphatic carbocycles. The summed E-state index contributed by atoms with van der Waals surface area (Å²) < 4.78 is 0. The molecule has 0 saturated carbocycles. The third-order valence-corrected chi connectivity index (χ3v) is 4.31. The minimum Gasteiger partial charge on any atom is -0.330 e. The summed E-state index contributed by atoms with van der Waals surface area (Å²) in [6, 6.07) is 9.96. The van der Waals surface area contributed by atoms with E-state index in [1.54, 1.807) is 0 Å². The van der Waals surface area contributed by atoms with Crippen molar-refractivity contribution in [1.29, 1.82) is 0 Å². The van der Waals surface area contributed by atoms with Crippen molar-refractivity contribution in [1.82, 2.24) is 4.90 Å². The zero-order chi connectivity index (χ0) is 13.0. The van der Waals surface area contributed by atoms with E-state index in [0.29, 0.717) is 12.1 Å². The number of nitrogens with two attached hydrogens (primary N) is 1. The van der Waals surface area contributed by atoms with Crippen LogP contribution in [0.2, 0.25) is 0 Å². The lowest BCUT2D eigenvalue weighted by molar-refractivity contribution is 0.0981. The third kappa shape index (κ3) is 2.93.